The largest absolute Gasteiger partial charge is 1.00 e. The summed E-state index contributed by atoms with van der Waals surface area (Å²) in [5.74, 6) is 0. The summed E-state index contributed by atoms with van der Waals surface area (Å²) in [5.41, 5.74) is 3.51. The van der Waals surface area contributed by atoms with Crippen LogP contribution < -0.4 is 52.3 Å². The summed E-state index contributed by atoms with van der Waals surface area (Å²) in [6.07, 6.45) is 3.44. The highest BCUT2D eigenvalue weighted by Gasteiger charge is 2.50. The number of fused-ring (bicyclic) bond motifs is 2. The lowest BCUT2D eigenvalue weighted by atomic mass is 9.74. The normalized spacial score (nSPS) is 36.6. The second-order valence-corrected chi connectivity index (χ2v) is 7.72. The summed E-state index contributed by atoms with van der Waals surface area (Å²) < 4.78 is 0. The van der Waals surface area contributed by atoms with Crippen molar-refractivity contribution in [3.05, 3.63) is 29.8 Å². The van der Waals surface area contributed by atoms with Crippen molar-refractivity contribution in [3.8, 4) is 0 Å². The Balaban J connectivity index is 0.00000104. The first-order valence-electron chi connectivity index (χ1n) is 8.96. The number of quaternary nitrogens is 3. The number of para-hydroxylation sites is 1. The molecule has 3 aliphatic heterocycles. The third kappa shape index (κ3) is 4.11. The molecule has 144 valence electrons. The Morgan fingerprint density at radius 2 is 1.80 bits per heavy atom. The topological polar surface area (TPSA) is 45.7 Å². The van der Waals surface area contributed by atoms with Crippen molar-refractivity contribution in [2.75, 3.05) is 39.8 Å². The molecule has 3 atom stereocenters. The number of hydrogen-bond donors (Lipinski definition) is 4. The maximum atomic E-state index is 10.3. The first-order valence-corrected chi connectivity index (χ1v) is 8.96. The van der Waals surface area contributed by atoms with Crippen molar-refractivity contribution < 1.29 is 57.4 Å². The van der Waals surface area contributed by atoms with Gasteiger partial charge in [-0.25, -0.2) is 0 Å². The Labute approximate surface area is 169 Å². The van der Waals surface area contributed by atoms with Crippen LogP contribution in [-0.4, -0.2) is 57.0 Å². The van der Waals surface area contributed by atoms with E-state index in [-0.39, 0.29) is 43.3 Å². The SMILES string of the molecule is C[NH+]1CC2(CC[NH+]([C@@H]3C[NH2+]CC[C@H]3O)CC2)c2ccccc21.[Cl-].[Cl-].[Cl-]. The van der Waals surface area contributed by atoms with Crippen LogP contribution in [0.15, 0.2) is 24.3 Å². The van der Waals surface area contributed by atoms with Gasteiger partial charge in [-0.05, 0) is 6.07 Å². The number of halogens is 3. The lowest BCUT2D eigenvalue weighted by Gasteiger charge is -2.40. The second-order valence-electron chi connectivity index (χ2n) is 7.72. The zero-order valence-electron chi connectivity index (χ0n) is 14.8. The molecule has 4 rings (SSSR count). The van der Waals surface area contributed by atoms with Crippen molar-refractivity contribution in [1.29, 1.82) is 0 Å². The summed E-state index contributed by atoms with van der Waals surface area (Å²) in [6.45, 7) is 5.88. The summed E-state index contributed by atoms with van der Waals surface area (Å²) >= 11 is 0. The number of aliphatic hydroxyl groups is 1. The molecule has 1 unspecified atom stereocenters. The van der Waals surface area contributed by atoms with Gasteiger partial charge in [0.05, 0.1) is 38.6 Å². The van der Waals surface area contributed by atoms with Crippen molar-refractivity contribution in [1.82, 2.24) is 0 Å². The maximum absolute atomic E-state index is 10.3. The summed E-state index contributed by atoms with van der Waals surface area (Å²) in [7, 11) is 2.31. The molecule has 0 amide bonds. The van der Waals surface area contributed by atoms with E-state index < -0.39 is 0 Å². The van der Waals surface area contributed by atoms with E-state index in [1.54, 1.807) is 15.4 Å². The molecule has 3 aliphatic rings. The number of nitrogens with two attached hydrogens (primary N) is 1. The molecule has 0 radical (unpaired) electrons. The van der Waals surface area contributed by atoms with Crippen LogP contribution in [-0.2, 0) is 5.41 Å². The summed E-state index contributed by atoms with van der Waals surface area (Å²) in [6, 6.07) is 9.50. The molecule has 1 spiro atoms. The van der Waals surface area contributed by atoms with Gasteiger partial charge in [0.1, 0.15) is 18.3 Å². The van der Waals surface area contributed by atoms with E-state index >= 15 is 0 Å². The number of benzene rings is 1. The van der Waals surface area contributed by atoms with Crippen LogP contribution in [0.25, 0.3) is 0 Å². The molecule has 1 aromatic carbocycles. The molecule has 0 aromatic heterocycles. The first-order chi connectivity index (χ1) is 10.7. The summed E-state index contributed by atoms with van der Waals surface area (Å²) in [5, 5.41) is 12.7. The fourth-order valence-corrected chi connectivity index (χ4v) is 5.27. The minimum Gasteiger partial charge on any atom is -1.00 e. The number of likely N-dealkylation sites (tertiary alicyclic amines) is 1. The number of rotatable bonds is 1. The van der Waals surface area contributed by atoms with Gasteiger partial charge in [0, 0.05) is 24.8 Å². The molecule has 0 saturated carbocycles. The van der Waals surface area contributed by atoms with Crippen molar-refractivity contribution in [2.24, 2.45) is 0 Å². The van der Waals surface area contributed by atoms with Gasteiger partial charge in [0.15, 0.2) is 6.04 Å². The van der Waals surface area contributed by atoms with Gasteiger partial charge < -0.3 is 57.4 Å². The molecular formula is C18H30Cl3N3O. The molecule has 2 saturated heterocycles. The lowest BCUT2D eigenvalue weighted by Crippen LogP contribution is -3.22. The Morgan fingerprint density at radius 3 is 2.48 bits per heavy atom. The number of hydrogen-bond acceptors (Lipinski definition) is 1. The zero-order chi connectivity index (χ0) is 15.2. The van der Waals surface area contributed by atoms with E-state index in [9.17, 15) is 5.11 Å². The molecule has 5 N–H and O–H groups in total. The smallest absolute Gasteiger partial charge is 0.163 e. The number of piperidine rings is 2. The van der Waals surface area contributed by atoms with Crippen molar-refractivity contribution in [3.63, 3.8) is 0 Å². The van der Waals surface area contributed by atoms with Crippen molar-refractivity contribution >= 4 is 5.69 Å². The van der Waals surface area contributed by atoms with E-state index in [4.69, 9.17) is 0 Å². The van der Waals surface area contributed by atoms with E-state index in [2.05, 4.69) is 36.6 Å². The maximum Gasteiger partial charge on any atom is 0.163 e. The first kappa shape index (κ1) is 23.0. The van der Waals surface area contributed by atoms with Crippen LogP contribution in [0.1, 0.15) is 24.8 Å². The Morgan fingerprint density at radius 1 is 1.12 bits per heavy atom. The monoisotopic (exact) mass is 409 g/mol. The third-order valence-electron chi connectivity index (χ3n) is 6.49. The molecule has 1 aromatic rings. The molecule has 25 heavy (non-hydrogen) atoms. The second kappa shape index (κ2) is 9.23. The van der Waals surface area contributed by atoms with E-state index in [0.29, 0.717) is 11.5 Å². The minimum atomic E-state index is -0.0850. The van der Waals surface area contributed by atoms with Crippen LogP contribution in [0.4, 0.5) is 5.69 Å². The Kier molecular flexibility index (Phi) is 8.48. The molecule has 2 fully saturated rings. The van der Waals surface area contributed by atoms with Crippen LogP contribution in [0.5, 0.6) is 0 Å². The Bertz CT molecular complexity index is 552. The number of aliphatic hydroxyl groups excluding tert-OH is 1. The van der Waals surface area contributed by atoms with Crippen LogP contribution in [0, 0.1) is 0 Å². The Hall–Kier alpha value is -0.0700. The predicted molar refractivity (Wildman–Crippen MR) is 85.5 cm³/mol. The van der Waals surface area contributed by atoms with Gasteiger partial charge in [-0.1, -0.05) is 18.2 Å². The molecule has 0 aliphatic carbocycles. The highest BCUT2D eigenvalue weighted by molar-refractivity contribution is 5.48. The van der Waals surface area contributed by atoms with E-state index in [1.807, 2.05) is 0 Å². The zero-order valence-corrected chi connectivity index (χ0v) is 17.0. The van der Waals surface area contributed by atoms with Crippen LogP contribution in [0.3, 0.4) is 0 Å². The van der Waals surface area contributed by atoms with Gasteiger partial charge in [0.2, 0.25) is 0 Å². The van der Waals surface area contributed by atoms with Crippen LogP contribution >= 0.6 is 0 Å². The fraction of sp³-hybridized carbons (Fsp3) is 0.667. The van der Waals surface area contributed by atoms with Gasteiger partial charge in [-0.3, -0.25) is 0 Å². The van der Waals surface area contributed by atoms with Crippen LogP contribution in [0.2, 0.25) is 0 Å². The number of nitrogens with one attached hydrogen (secondary N) is 2. The van der Waals surface area contributed by atoms with Gasteiger partial charge in [-0.15, -0.1) is 0 Å². The minimum absolute atomic E-state index is 0. The molecule has 7 heteroatoms. The average Bonchev–Trinajstić information content (AvgIpc) is 2.82. The molecule has 3 heterocycles. The van der Waals surface area contributed by atoms with Gasteiger partial charge in [0.25, 0.3) is 0 Å². The highest BCUT2D eigenvalue weighted by Crippen LogP contribution is 2.38. The predicted octanol–water partition coefficient (Wildman–Crippen LogP) is -11.5. The number of likely N-dealkylation sites (N-methyl/N-ethyl adjacent to an activating group) is 1. The van der Waals surface area contributed by atoms with Crippen molar-refractivity contribution in [2.45, 2.75) is 36.8 Å². The van der Waals surface area contributed by atoms with E-state index in [0.717, 1.165) is 19.5 Å². The van der Waals surface area contributed by atoms with E-state index in [1.165, 1.54) is 38.2 Å². The third-order valence-corrected chi connectivity index (χ3v) is 6.49. The standard InChI is InChI=1S/C18H27N3O.3ClH/c1-20-13-18(14-4-2-3-5-15(14)20)7-10-21(11-8-18)16-12-19-9-6-17(16)22;;;/h2-5,16-17,19,22H,6-13H2,1H3;3*1H/t16-,17-;;;/m1.../s1. The quantitative estimate of drug-likeness (QED) is 0.365. The molecular weight excluding hydrogens is 381 g/mol. The molecule has 4 nitrogen and oxygen atoms in total. The lowest BCUT2D eigenvalue weighted by molar-refractivity contribution is -0.952. The fourth-order valence-electron chi connectivity index (χ4n) is 5.27. The van der Waals surface area contributed by atoms with Gasteiger partial charge in [-0.2, -0.15) is 0 Å². The summed E-state index contributed by atoms with van der Waals surface area (Å²) in [4.78, 5) is 3.22. The van der Waals surface area contributed by atoms with Gasteiger partial charge >= 0.3 is 0 Å². The average molecular weight is 411 g/mol. The molecule has 0 bridgehead atoms. The highest BCUT2D eigenvalue weighted by atomic mass is 35.5.